The average molecular weight is 143 g/mol. The van der Waals surface area contributed by atoms with Crippen molar-refractivity contribution < 1.29 is 4.79 Å². The molecule has 2 N–H and O–H groups in total. The zero-order chi connectivity index (χ0) is 8.41. The van der Waals surface area contributed by atoms with E-state index in [0.29, 0.717) is 0 Å². The van der Waals surface area contributed by atoms with Gasteiger partial charge in [0, 0.05) is 0 Å². The maximum Gasteiger partial charge on any atom is 0.240 e. The maximum absolute atomic E-state index is 9.47. The van der Waals surface area contributed by atoms with Gasteiger partial charge in [0.1, 0.15) is 0 Å². The number of primary amides is 1. The SMILES string of the molecule is C1CC1.C=CC(N)=O.CC. The lowest BCUT2D eigenvalue weighted by molar-refractivity contribution is -0.113. The molecule has 0 unspecified atom stereocenters. The molecule has 0 aromatic heterocycles. The Morgan fingerprint density at radius 2 is 1.60 bits per heavy atom. The molecule has 60 valence electrons. The van der Waals surface area contributed by atoms with Gasteiger partial charge in [-0.1, -0.05) is 39.7 Å². The third-order valence-corrected chi connectivity index (χ3v) is 0.555. The van der Waals surface area contributed by atoms with Crippen molar-refractivity contribution in [2.24, 2.45) is 5.73 Å². The Morgan fingerprint density at radius 1 is 1.40 bits per heavy atom. The van der Waals surface area contributed by atoms with Gasteiger partial charge in [0.05, 0.1) is 0 Å². The standard InChI is InChI=1S/C3H5NO.C3H6.C2H6/c1-2-3(4)5;1-2-3-1;1-2/h2H,1H2,(H2,4,5);1-3H2;1-2H3. The molecule has 1 fully saturated rings. The topological polar surface area (TPSA) is 43.1 Å². The van der Waals surface area contributed by atoms with Gasteiger partial charge in [-0.15, -0.1) is 0 Å². The number of carbonyl (C=O) groups excluding carboxylic acids is 1. The fraction of sp³-hybridized carbons (Fsp3) is 0.625. The van der Waals surface area contributed by atoms with Gasteiger partial charge in [-0.05, 0) is 6.08 Å². The number of hydrogen-bond donors (Lipinski definition) is 1. The van der Waals surface area contributed by atoms with Gasteiger partial charge in [0.15, 0.2) is 0 Å². The summed E-state index contributed by atoms with van der Waals surface area (Å²) in [7, 11) is 0. The molecule has 0 aromatic carbocycles. The van der Waals surface area contributed by atoms with E-state index >= 15 is 0 Å². The van der Waals surface area contributed by atoms with Crippen LogP contribution in [0.2, 0.25) is 0 Å². The number of nitrogens with two attached hydrogens (primary N) is 1. The van der Waals surface area contributed by atoms with Crippen molar-refractivity contribution in [3.63, 3.8) is 0 Å². The Morgan fingerprint density at radius 3 is 1.60 bits per heavy atom. The number of amides is 1. The van der Waals surface area contributed by atoms with Crippen LogP contribution in [0, 0.1) is 0 Å². The minimum atomic E-state index is -0.481. The van der Waals surface area contributed by atoms with E-state index in [2.05, 4.69) is 12.3 Å². The van der Waals surface area contributed by atoms with Crippen LogP contribution in [0.5, 0.6) is 0 Å². The van der Waals surface area contributed by atoms with Crippen molar-refractivity contribution in [3.05, 3.63) is 12.7 Å². The first-order valence-electron chi connectivity index (χ1n) is 3.69. The molecular formula is C8H17NO. The van der Waals surface area contributed by atoms with Gasteiger partial charge in [0.25, 0.3) is 0 Å². The lowest BCUT2D eigenvalue weighted by Gasteiger charge is -1.65. The van der Waals surface area contributed by atoms with E-state index in [4.69, 9.17) is 0 Å². The van der Waals surface area contributed by atoms with Crippen molar-refractivity contribution in [1.29, 1.82) is 0 Å². The molecular weight excluding hydrogens is 126 g/mol. The molecule has 0 atom stereocenters. The summed E-state index contributed by atoms with van der Waals surface area (Å²) >= 11 is 0. The molecule has 1 rings (SSSR count). The summed E-state index contributed by atoms with van der Waals surface area (Å²) in [5, 5.41) is 0. The molecule has 0 aromatic rings. The van der Waals surface area contributed by atoms with E-state index in [1.54, 1.807) is 0 Å². The van der Waals surface area contributed by atoms with Gasteiger partial charge in [-0.25, -0.2) is 0 Å². The molecule has 2 nitrogen and oxygen atoms in total. The normalized spacial score (nSPS) is 11.0. The number of rotatable bonds is 1. The van der Waals surface area contributed by atoms with Crippen molar-refractivity contribution in [2.75, 3.05) is 0 Å². The summed E-state index contributed by atoms with van der Waals surface area (Å²) in [4.78, 5) is 9.47. The van der Waals surface area contributed by atoms with E-state index < -0.39 is 5.91 Å². The van der Waals surface area contributed by atoms with Crippen molar-refractivity contribution in [2.45, 2.75) is 33.1 Å². The summed E-state index contributed by atoms with van der Waals surface area (Å²) in [6.45, 7) is 7.09. The van der Waals surface area contributed by atoms with Crippen LogP contribution in [-0.4, -0.2) is 5.91 Å². The van der Waals surface area contributed by atoms with E-state index in [1.165, 1.54) is 19.3 Å². The molecule has 1 aliphatic carbocycles. The van der Waals surface area contributed by atoms with E-state index in [9.17, 15) is 4.79 Å². The van der Waals surface area contributed by atoms with Gasteiger partial charge in [-0.3, -0.25) is 4.79 Å². The molecule has 1 aliphatic rings. The Balaban J connectivity index is 0. The second-order valence-corrected chi connectivity index (χ2v) is 1.67. The van der Waals surface area contributed by atoms with Crippen molar-refractivity contribution in [1.82, 2.24) is 0 Å². The molecule has 0 saturated heterocycles. The van der Waals surface area contributed by atoms with Crippen LogP contribution >= 0.6 is 0 Å². The average Bonchev–Trinajstić information content (AvgIpc) is 2.77. The fourth-order valence-electron chi connectivity index (χ4n) is 0. The molecule has 1 amide bonds. The highest BCUT2D eigenvalue weighted by molar-refractivity contribution is 5.84. The van der Waals surface area contributed by atoms with Gasteiger partial charge in [0.2, 0.25) is 5.91 Å². The van der Waals surface area contributed by atoms with Crippen LogP contribution in [0.1, 0.15) is 33.1 Å². The monoisotopic (exact) mass is 143 g/mol. The fourth-order valence-corrected chi connectivity index (χ4v) is 0. The van der Waals surface area contributed by atoms with Gasteiger partial charge in [-0.2, -0.15) is 0 Å². The first-order chi connectivity index (χ1) is 4.77. The van der Waals surface area contributed by atoms with Crippen LogP contribution in [-0.2, 0) is 4.79 Å². The van der Waals surface area contributed by atoms with Crippen molar-refractivity contribution >= 4 is 5.91 Å². The zero-order valence-corrected chi connectivity index (χ0v) is 6.89. The molecule has 1 saturated carbocycles. The molecule has 2 heteroatoms. The van der Waals surface area contributed by atoms with Crippen LogP contribution in [0.3, 0.4) is 0 Å². The van der Waals surface area contributed by atoms with E-state index in [0.717, 1.165) is 6.08 Å². The highest BCUT2D eigenvalue weighted by atomic mass is 16.1. The second kappa shape index (κ2) is 11.1. The second-order valence-electron chi connectivity index (χ2n) is 1.67. The zero-order valence-electron chi connectivity index (χ0n) is 6.89. The lowest BCUT2D eigenvalue weighted by atomic mass is 10.6. The Bertz CT molecular complexity index is 84.5. The minimum Gasteiger partial charge on any atom is -0.366 e. The number of carbonyl (C=O) groups is 1. The summed E-state index contributed by atoms with van der Waals surface area (Å²) in [6, 6.07) is 0. The molecule has 0 radical (unpaired) electrons. The quantitative estimate of drug-likeness (QED) is 0.559. The predicted octanol–water partition coefficient (Wildman–Crippen LogP) is 1.85. The number of hydrogen-bond acceptors (Lipinski definition) is 1. The minimum absolute atomic E-state index is 0.481. The third kappa shape index (κ3) is 56.9. The third-order valence-electron chi connectivity index (χ3n) is 0.555. The van der Waals surface area contributed by atoms with E-state index in [1.807, 2.05) is 13.8 Å². The molecule has 0 aliphatic heterocycles. The first kappa shape index (κ1) is 11.9. The highest BCUT2D eigenvalue weighted by Gasteiger charge is 1.95. The summed E-state index contributed by atoms with van der Waals surface area (Å²) in [5.74, 6) is -0.481. The van der Waals surface area contributed by atoms with Crippen molar-refractivity contribution in [3.8, 4) is 0 Å². The van der Waals surface area contributed by atoms with Crippen LogP contribution < -0.4 is 5.73 Å². The van der Waals surface area contributed by atoms with Gasteiger partial charge < -0.3 is 5.73 Å². The summed E-state index contributed by atoms with van der Waals surface area (Å²) < 4.78 is 0. The molecule has 0 heterocycles. The Hall–Kier alpha value is -0.790. The van der Waals surface area contributed by atoms with Crippen LogP contribution in [0.25, 0.3) is 0 Å². The van der Waals surface area contributed by atoms with Crippen LogP contribution in [0.4, 0.5) is 0 Å². The van der Waals surface area contributed by atoms with E-state index in [-0.39, 0.29) is 0 Å². The molecule has 10 heavy (non-hydrogen) atoms. The van der Waals surface area contributed by atoms with Gasteiger partial charge >= 0.3 is 0 Å². The summed E-state index contributed by atoms with van der Waals surface area (Å²) in [6.07, 6.45) is 5.56. The largest absolute Gasteiger partial charge is 0.366 e. The first-order valence-corrected chi connectivity index (χ1v) is 3.69. The Kier molecular flexibility index (Phi) is 13.2. The Labute approximate surface area is 63.1 Å². The molecule has 0 bridgehead atoms. The lowest BCUT2D eigenvalue weighted by Crippen LogP contribution is -2.04. The summed E-state index contributed by atoms with van der Waals surface area (Å²) in [5.41, 5.74) is 4.53. The highest BCUT2D eigenvalue weighted by Crippen LogP contribution is 2.14. The van der Waals surface area contributed by atoms with Crippen LogP contribution in [0.15, 0.2) is 12.7 Å². The maximum atomic E-state index is 9.47. The smallest absolute Gasteiger partial charge is 0.240 e. The predicted molar refractivity (Wildman–Crippen MR) is 44.6 cm³/mol. The molecule has 0 spiro atoms.